The summed E-state index contributed by atoms with van der Waals surface area (Å²) in [4.78, 5) is 0. The van der Waals surface area contributed by atoms with Crippen LogP contribution in [0.25, 0.3) is 11.1 Å². The molecule has 1 fully saturated rings. The van der Waals surface area contributed by atoms with Crippen LogP contribution in [-0.2, 0) is 12.1 Å². The van der Waals surface area contributed by atoms with Gasteiger partial charge in [0.15, 0.2) is 0 Å². The van der Waals surface area contributed by atoms with E-state index < -0.39 is 5.60 Å². The van der Waals surface area contributed by atoms with E-state index in [9.17, 15) is 5.11 Å². The first-order valence-electron chi connectivity index (χ1n) is 13.0. The molecular weight excluding hydrogens is 438 g/mol. The van der Waals surface area contributed by atoms with Gasteiger partial charge in [-0.15, -0.1) is 0 Å². The van der Waals surface area contributed by atoms with Gasteiger partial charge in [0.05, 0.1) is 13.1 Å². The van der Waals surface area contributed by atoms with E-state index in [-0.39, 0.29) is 0 Å². The van der Waals surface area contributed by atoms with Crippen LogP contribution in [0.4, 0.5) is 0 Å². The van der Waals surface area contributed by atoms with Crippen LogP contribution in [0.5, 0.6) is 0 Å². The lowest BCUT2D eigenvalue weighted by atomic mass is 9.88. The number of benzene rings is 4. The summed E-state index contributed by atoms with van der Waals surface area (Å²) in [7, 11) is 0. The number of rotatable bonds is 5. The van der Waals surface area contributed by atoms with Crippen LogP contribution >= 0.6 is 0 Å². The predicted molar refractivity (Wildman–Crippen MR) is 146 cm³/mol. The fourth-order valence-electron chi connectivity index (χ4n) is 6.30. The first-order valence-corrected chi connectivity index (χ1v) is 13.0. The lowest BCUT2D eigenvalue weighted by Crippen LogP contribution is -2.45. The molecule has 178 valence electrons. The van der Waals surface area contributed by atoms with Gasteiger partial charge in [-0.05, 0) is 33.7 Å². The Morgan fingerprint density at radius 1 is 0.722 bits per heavy atom. The average Bonchev–Trinajstić information content (AvgIpc) is 3.46. The van der Waals surface area contributed by atoms with Crippen molar-refractivity contribution in [3.05, 3.63) is 131 Å². The van der Waals surface area contributed by atoms with Gasteiger partial charge in [0.1, 0.15) is 18.7 Å². The zero-order chi connectivity index (χ0) is 24.4. The fraction of sp³-hybridized carbons (Fsp3) is 0.235. The molecule has 1 aliphatic carbocycles. The molecule has 1 unspecified atom stereocenters. The third kappa shape index (κ3) is 4.16. The summed E-state index contributed by atoms with van der Waals surface area (Å²) < 4.78 is 0.974. The normalized spacial score (nSPS) is 21.3. The van der Waals surface area contributed by atoms with Crippen LogP contribution < -0.4 is 0 Å². The molecule has 6 rings (SSSR count). The molecule has 1 N–H and O–H groups in total. The highest BCUT2D eigenvalue weighted by molar-refractivity contribution is 5.80. The van der Waals surface area contributed by atoms with Crippen molar-refractivity contribution in [1.29, 1.82) is 0 Å². The van der Waals surface area contributed by atoms with E-state index >= 15 is 0 Å². The Morgan fingerprint density at radius 2 is 1.31 bits per heavy atom. The van der Waals surface area contributed by atoms with Crippen molar-refractivity contribution in [2.75, 3.05) is 19.6 Å². The van der Waals surface area contributed by atoms with Gasteiger partial charge in [-0.1, -0.05) is 115 Å². The topological polar surface area (TPSA) is 20.2 Å². The van der Waals surface area contributed by atoms with Gasteiger partial charge in [-0.3, -0.25) is 0 Å². The van der Waals surface area contributed by atoms with Crippen molar-refractivity contribution in [1.82, 2.24) is 0 Å². The summed E-state index contributed by atoms with van der Waals surface area (Å²) in [5.41, 5.74) is 5.93. The maximum atomic E-state index is 11.9. The molecule has 4 aromatic rings. The standard InChI is InChI=1S/C34H32NO/c36-34(32-19-9-7-17-30(32)31-18-8-10-20-33(31)34)22-11-12-23-35(25-27-13-3-1-4-14-27)24-21-29(26-35)28-15-5-2-6-16-28/h1-10,13-20,29,36H,21-26H2/q+1/t29-,35?/m1/s1. The fourth-order valence-corrected chi connectivity index (χ4v) is 6.30. The SMILES string of the molecule is OC1(CC#CC[N+]2(Cc3ccccc3)CC[C@@H](c3ccccc3)C2)c2ccccc2-c2ccccc21. The van der Waals surface area contributed by atoms with Gasteiger partial charge in [-0.25, -0.2) is 0 Å². The molecule has 0 saturated carbocycles. The smallest absolute Gasteiger partial charge is 0.141 e. The van der Waals surface area contributed by atoms with Crippen LogP contribution in [-0.4, -0.2) is 29.2 Å². The highest BCUT2D eigenvalue weighted by atomic mass is 16.3. The molecule has 36 heavy (non-hydrogen) atoms. The van der Waals surface area contributed by atoms with Crippen LogP contribution in [0.1, 0.15) is 41.0 Å². The zero-order valence-electron chi connectivity index (χ0n) is 20.6. The second-order valence-corrected chi connectivity index (χ2v) is 10.4. The quantitative estimate of drug-likeness (QED) is 0.261. The molecule has 0 spiro atoms. The molecule has 0 bridgehead atoms. The van der Waals surface area contributed by atoms with Crippen LogP contribution in [0, 0.1) is 11.8 Å². The third-order valence-electron chi connectivity index (χ3n) is 8.11. The molecule has 4 aromatic carbocycles. The molecule has 0 radical (unpaired) electrons. The van der Waals surface area contributed by atoms with Crippen molar-refractivity contribution >= 4 is 0 Å². The zero-order valence-corrected chi connectivity index (χ0v) is 20.6. The molecule has 2 nitrogen and oxygen atoms in total. The number of aliphatic hydroxyl groups is 1. The number of fused-ring (bicyclic) bond motifs is 3. The Balaban J connectivity index is 1.26. The van der Waals surface area contributed by atoms with Crippen molar-refractivity contribution in [2.24, 2.45) is 0 Å². The molecule has 1 heterocycles. The molecular formula is C34H32NO+. The lowest BCUT2D eigenvalue weighted by Gasteiger charge is -2.33. The largest absolute Gasteiger partial charge is 0.379 e. The summed E-state index contributed by atoms with van der Waals surface area (Å²) in [6, 6.07) is 38.2. The van der Waals surface area contributed by atoms with Crippen LogP contribution in [0.15, 0.2) is 109 Å². The van der Waals surface area contributed by atoms with E-state index in [4.69, 9.17) is 0 Å². The minimum absolute atomic E-state index is 0.411. The van der Waals surface area contributed by atoms with Gasteiger partial charge < -0.3 is 9.59 Å². The molecule has 2 heteroatoms. The Labute approximate surface area is 214 Å². The number of nitrogens with zero attached hydrogens (tertiary/aromatic N) is 1. The van der Waals surface area contributed by atoms with Gasteiger partial charge >= 0.3 is 0 Å². The first-order chi connectivity index (χ1) is 17.7. The molecule has 1 aliphatic heterocycles. The second-order valence-electron chi connectivity index (χ2n) is 10.4. The van der Waals surface area contributed by atoms with Gasteiger partial charge in [0, 0.05) is 24.3 Å². The third-order valence-corrected chi connectivity index (χ3v) is 8.11. The number of hydrogen-bond acceptors (Lipinski definition) is 1. The Hall–Kier alpha value is -3.64. The van der Waals surface area contributed by atoms with Crippen molar-refractivity contribution < 1.29 is 9.59 Å². The second kappa shape index (κ2) is 9.43. The summed E-state index contributed by atoms with van der Waals surface area (Å²) in [6.45, 7) is 4.02. The maximum absolute atomic E-state index is 11.9. The Kier molecular flexibility index (Phi) is 5.97. The minimum Gasteiger partial charge on any atom is -0.379 e. The lowest BCUT2D eigenvalue weighted by molar-refractivity contribution is -0.923. The highest BCUT2D eigenvalue weighted by Crippen LogP contribution is 2.48. The van der Waals surface area contributed by atoms with E-state index in [0.717, 1.165) is 52.9 Å². The number of likely N-dealkylation sites (tertiary alicyclic amines) is 1. The van der Waals surface area contributed by atoms with E-state index in [1.165, 1.54) is 17.5 Å². The van der Waals surface area contributed by atoms with Crippen molar-refractivity contribution in [3.63, 3.8) is 0 Å². The van der Waals surface area contributed by atoms with Gasteiger partial charge in [-0.2, -0.15) is 0 Å². The molecule has 2 aliphatic rings. The van der Waals surface area contributed by atoms with Crippen molar-refractivity contribution in [2.45, 2.75) is 30.9 Å². The van der Waals surface area contributed by atoms with Crippen LogP contribution in [0.3, 0.4) is 0 Å². The molecule has 0 amide bonds. The van der Waals surface area contributed by atoms with Crippen molar-refractivity contribution in [3.8, 4) is 23.0 Å². The molecule has 0 aromatic heterocycles. The summed E-state index contributed by atoms with van der Waals surface area (Å²) >= 11 is 0. The predicted octanol–water partition coefficient (Wildman–Crippen LogP) is 6.50. The molecule has 2 atom stereocenters. The monoisotopic (exact) mass is 470 g/mol. The van der Waals surface area contributed by atoms with Crippen LogP contribution in [0.2, 0.25) is 0 Å². The number of hydrogen-bond donors (Lipinski definition) is 1. The Bertz CT molecular complexity index is 1370. The molecule has 1 saturated heterocycles. The van der Waals surface area contributed by atoms with E-state index in [1.54, 1.807) is 0 Å². The highest BCUT2D eigenvalue weighted by Gasteiger charge is 2.41. The van der Waals surface area contributed by atoms with E-state index in [0.29, 0.717) is 12.3 Å². The summed E-state index contributed by atoms with van der Waals surface area (Å²) in [5.74, 6) is 7.53. The maximum Gasteiger partial charge on any atom is 0.141 e. The average molecular weight is 471 g/mol. The van der Waals surface area contributed by atoms with E-state index in [1.807, 2.05) is 36.4 Å². The van der Waals surface area contributed by atoms with Gasteiger partial charge in [0.2, 0.25) is 0 Å². The Morgan fingerprint density at radius 3 is 1.97 bits per heavy atom. The van der Waals surface area contributed by atoms with E-state index in [2.05, 4.69) is 84.6 Å². The summed E-state index contributed by atoms with van der Waals surface area (Å²) in [5, 5.41) is 11.9. The number of quaternary nitrogens is 1. The first kappa shape index (κ1) is 22.8. The summed E-state index contributed by atoms with van der Waals surface area (Å²) in [6.07, 6.45) is 1.59. The van der Waals surface area contributed by atoms with Gasteiger partial charge in [0.25, 0.3) is 0 Å². The minimum atomic E-state index is -1.05.